The van der Waals surface area contributed by atoms with Crippen molar-refractivity contribution in [1.29, 1.82) is 5.26 Å². The van der Waals surface area contributed by atoms with E-state index in [-0.39, 0.29) is 0 Å². The Labute approximate surface area is 294 Å². The van der Waals surface area contributed by atoms with E-state index in [1.54, 1.807) is 12.1 Å². The van der Waals surface area contributed by atoms with Crippen molar-refractivity contribution in [3.8, 4) is 51.0 Å². The maximum absolute atomic E-state index is 9.36. The van der Waals surface area contributed by atoms with Crippen molar-refractivity contribution < 1.29 is 8.83 Å². The molecule has 242 valence electrons. The van der Waals surface area contributed by atoms with Crippen molar-refractivity contribution in [3.63, 3.8) is 0 Å². The second-order valence-electron chi connectivity index (χ2n) is 13.5. The number of rotatable bonds is 6. The lowest BCUT2D eigenvalue weighted by molar-refractivity contribution is 0.659. The molecule has 1 aliphatic rings. The molecule has 51 heavy (non-hydrogen) atoms. The number of aromatic nitrogens is 2. The summed E-state index contributed by atoms with van der Waals surface area (Å²) < 4.78 is 12.8. The maximum Gasteiger partial charge on any atom is 0.180 e. The topological polar surface area (TPSA) is 75.8 Å². The quantitative estimate of drug-likeness (QED) is 0.178. The van der Waals surface area contributed by atoms with Gasteiger partial charge >= 0.3 is 0 Å². The predicted molar refractivity (Wildman–Crippen MR) is 204 cm³/mol. The zero-order chi connectivity index (χ0) is 34.1. The lowest BCUT2D eigenvalue weighted by Crippen LogP contribution is -1.97. The fourth-order valence-electron chi connectivity index (χ4n) is 7.92. The Morgan fingerprint density at radius 3 is 2.10 bits per heavy atom. The van der Waals surface area contributed by atoms with Crippen LogP contribution in [0.5, 0.6) is 0 Å². The summed E-state index contributed by atoms with van der Waals surface area (Å²) in [6.45, 7) is 2.27. The number of para-hydroxylation sites is 1. The highest BCUT2D eigenvalue weighted by atomic mass is 16.3. The smallest absolute Gasteiger partial charge is 0.180 e. The average Bonchev–Trinajstić information content (AvgIpc) is 3.85. The molecule has 3 heterocycles. The van der Waals surface area contributed by atoms with Crippen LogP contribution in [0.3, 0.4) is 0 Å². The Morgan fingerprint density at radius 2 is 1.27 bits per heavy atom. The van der Waals surface area contributed by atoms with E-state index in [0.717, 1.165) is 61.5 Å². The van der Waals surface area contributed by atoms with Crippen molar-refractivity contribution in [2.75, 3.05) is 0 Å². The van der Waals surface area contributed by atoms with Crippen molar-refractivity contribution in [1.82, 2.24) is 9.97 Å². The molecule has 0 N–H and O–H groups in total. The molecule has 0 fully saturated rings. The van der Waals surface area contributed by atoms with Gasteiger partial charge in [-0.15, -0.1) is 0 Å². The highest BCUT2D eigenvalue weighted by Crippen LogP contribution is 2.48. The first kappa shape index (κ1) is 29.4. The fourth-order valence-corrected chi connectivity index (χ4v) is 7.92. The van der Waals surface area contributed by atoms with Gasteiger partial charge in [-0.1, -0.05) is 74.4 Å². The standard InChI is InChI=1S/C46H31N3O2/c1-2-3-8-34-32-9-4-5-10-33(32)35-20-17-29(23-37(34)35)30-18-21-41-38(24-30)39-25-31(19-22-42(39)50-41)43-45-44(36-11-6-7-12-40(36)51-45)49-46(48-43)28-15-13-27(26-47)14-16-28/h4-7,9-25,34H,2-3,8H2,1H3. The summed E-state index contributed by atoms with van der Waals surface area (Å²) >= 11 is 0. The van der Waals surface area contributed by atoms with E-state index in [1.165, 1.54) is 40.7 Å². The zero-order valence-corrected chi connectivity index (χ0v) is 28.0. The third-order valence-corrected chi connectivity index (χ3v) is 10.5. The van der Waals surface area contributed by atoms with Crippen LogP contribution in [0.4, 0.5) is 0 Å². The van der Waals surface area contributed by atoms with Crippen molar-refractivity contribution in [2.45, 2.75) is 32.1 Å². The summed E-state index contributed by atoms with van der Waals surface area (Å²) in [5.41, 5.74) is 14.8. The number of hydrogen-bond acceptors (Lipinski definition) is 5. The molecule has 5 heteroatoms. The molecular weight excluding hydrogens is 627 g/mol. The van der Waals surface area contributed by atoms with Gasteiger partial charge in [0.05, 0.1) is 11.6 Å². The molecule has 0 aliphatic heterocycles. The Bertz CT molecular complexity index is 2870. The van der Waals surface area contributed by atoms with Gasteiger partial charge in [0.2, 0.25) is 0 Å². The van der Waals surface area contributed by atoms with E-state index in [1.807, 2.05) is 48.5 Å². The molecule has 0 amide bonds. The van der Waals surface area contributed by atoms with Crippen LogP contribution in [-0.4, -0.2) is 9.97 Å². The van der Waals surface area contributed by atoms with E-state index in [9.17, 15) is 5.26 Å². The van der Waals surface area contributed by atoms with E-state index < -0.39 is 0 Å². The molecular formula is C46H31N3O2. The molecule has 1 unspecified atom stereocenters. The summed E-state index contributed by atoms with van der Waals surface area (Å²) in [5.74, 6) is 0.998. The second kappa shape index (κ2) is 11.5. The zero-order valence-electron chi connectivity index (χ0n) is 28.0. The van der Waals surface area contributed by atoms with E-state index >= 15 is 0 Å². The molecule has 1 aliphatic carbocycles. The molecule has 0 saturated carbocycles. The molecule has 6 aromatic carbocycles. The molecule has 10 rings (SSSR count). The predicted octanol–water partition coefficient (Wildman–Crippen LogP) is 12.5. The number of fused-ring (bicyclic) bond motifs is 9. The van der Waals surface area contributed by atoms with Gasteiger partial charge in [-0.25, -0.2) is 9.97 Å². The summed E-state index contributed by atoms with van der Waals surface area (Å²) in [5, 5.41) is 12.4. The monoisotopic (exact) mass is 657 g/mol. The summed E-state index contributed by atoms with van der Waals surface area (Å²) in [4.78, 5) is 10.1. The Morgan fingerprint density at radius 1 is 0.608 bits per heavy atom. The number of furan rings is 2. The maximum atomic E-state index is 9.36. The van der Waals surface area contributed by atoms with E-state index in [0.29, 0.717) is 28.6 Å². The van der Waals surface area contributed by atoms with Gasteiger partial charge in [0, 0.05) is 33.2 Å². The van der Waals surface area contributed by atoms with E-state index in [2.05, 4.69) is 79.7 Å². The van der Waals surface area contributed by atoms with Crippen molar-refractivity contribution >= 4 is 44.0 Å². The highest BCUT2D eigenvalue weighted by Gasteiger charge is 2.28. The van der Waals surface area contributed by atoms with Gasteiger partial charge in [0.25, 0.3) is 0 Å². The third kappa shape index (κ3) is 4.68. The minimum Gasteiger partial charge on any atom is -0.456 e. The van der Waals surface area contributed by atoms with Crippen LogP contribution >= 0.6 is 0 Å². The van der Waals surface area contributed by atoms with Crippen molar-refractivity contribution in [2.24, 2.45) is 0 Å². The number of unbranched alkanes of at least 4 members (excludes halogenated alkanes) is 1. The third-order valence-electron chi connectivity index (χ3n) is 10.5. The second-order valence-corrected chi connectivity index (χ2v) is 13.5. The largest absolute Gasteiger partial charge is 0.456 e. The van der Waals surface area contributed by atoms with Gasteiger partial charge < -0.3 is 8.83 Å². The molecule has 9 aromatic rings. The van der Waals surface area contributed by atoms with Gasteiger partial charge in [-0.05, 0) is 113 Å². The van der Waals surface area contributed by atoms with Crippen molar-refractivity contribution in [3.05, 3.63) is 144 Å². The average molecular weight is 658 g/mol. The van der Waals surface area contributed by atoms with Crippen LogP contribution in [-0.2, 0) is 0 Å². The minimum atomic E-state index is 0.425. The SMILES string of the molecule is CCCCC1c2ccccc2-c2ccc(-c3ccc4oc5ccc(-c6nc(-c7ccc(C#N)cc7)nc7c6oc6ccccc67)cc5c4c3)cc21. The lowest BCUT2D eigenvalue weighted by atomic mass is 9.90. The highest BCUT2D eigenvalue weighted by molar-refractivity contribution is 6.10. The first-order chi connectivity index (χ1) is 25.2. The number of benzene rings is 6. The van der Waals surface area contributed by atoms with Crippen LogP contribution in [0, 0.1) is 11.3 Å². The first-order valence-electron chi connectivity index (χ1n) is 17.6. The van der Waals surface area contributed by atoms with Crippen LogP contribution < -0.4 is 0 Å². The van der Waals surface area contributed by atoms with Crippen LogP contribution in [0.15, 0.2) is 136 Å². The normalized spacial score (nSPS) is 13.6. The Kier molecular flexibility index (Phi) is 6.65. The molecule has 0 bridgehead atoms. The number of hydrogen-bond donors (Lipinski definition) is 0. The fraction of sp³-hybridized carbons (Fsp3) is 0.109. The molecule has 1 atom stereocenters. The summed E-state index contributed by atoms with van der Waals surface area (Å²) in [6, 6.07) is 46.1. The van der Waals surface area contributed by atoms with Gasteiger partial charge in [0.15, 0.2) is 11.4 Å². The Hall–Kier alpha value is -6.51. The molecule has 0 spiro atoms. The molecule has 3 aromatic heterocycles. The van der Waals surface area contributed by atoms with Crippen LogP contribution in [0.1, 0.15) is 48.8 Å². The first-order valence-corrected chi connectivity index (χ1v) is 17.6. The number of nitrogens with zero attached hydrogens (tertiary/aromatic N) is 3. The van der Waals surface area contributed by atoms with Gasteiger partial charge in [-0.3, -0.25) is 0 Å². The van der Waals surface area contributed by atoms with Crippen LogP contribution in [0.2, 0.25) is 0 Å². The Balaban J connectivity index is 1.12. The van der Waals surface area contributed by atoms with Gasteiger partial charge in [0.1, 0.15) is 28.0 Å². The van der Waals surface area contributed by atoms with E-state index in [4.69, 9.17) is 18.8 Å². The summed E-state index contributed by atoms with van der Waals surface area (Å²) in [7, 11) is 0. The van der Waals surface area contributed by atoms with Gasteiger partial charge in [-0.2, -0.15) is 5.26 Å². The van der Waals surface area contributed by atoms with Crippen LogP contribution in [0.25, 0.3) is 88.9 Å². The summed E-state index contributed by atoms with van der Waals surface area (Å²) in [6.07, 6.45) is 3.56. The molecule has 0 saturated heterocycles. The lowest BCUT2D eigenvalue weighted by Gasteiger charge is -2.14. The number of nitriles is 1. The molecule has 5 nitrogen and oxygen atoms in total. The molecule has 0 radical (unpaired) electrons. The minimum absolute atomic E-state index is 0.425.